The van der Waals surface area contributed by atoms with E-state index in [9.17, 15) is 0 Å². The molecule has 0 bridgehead atoms. The molecule has 4 nitrogen and oxygen atoms in total. The van der Waals surface area contributed by atoms with E-state index < -0.39 is 0 Å². The van der Waals surface area contributed by atoms with Gasteiger partial charge in [-0.15, -0.1) is 0 Å². The number of hydrogen-bond donors (Lipinski definition) is 1. The molecule has 2 fully saturated rings. The van der Waals surface area contributed by atoms with Crippen LogP contribution in [0.25, 0.3) is 0 Å². The van der Waals surface area contributed by atoms with Gasteiger partial charge in [-0.25, -0.2) is 9.97 Å². The zero-order valence-corrected chi connectivity index (χ0v) is 14.3. The highest BCUT2D eigenvalue weighted by Gasteiger charge is 2.35. The first-order valence-electron chi connectivity index (χ1n) is 8.80. The van der Waals surface area contributed by atoms with Gasteiger partial charge in [-0.05, 0) is 37.5 Å². The van der Waals surface area contributed by atoms with E-state index in [1.807, 2.05) is 0 Å². The van der Waals surface area contributed by atoms with Crippen LogP contribution in [0.5, 0.6) is 0 Å². The Morgan fingerprint density at radius 3 is 2.50 bits per heavy atom. The van der Waals surface area contributed by atoms with Gasteiger partial charge < -0.3 is 10.1 Å². The molecule has 2 aliphatic rings. The van der Waals surface area contributed by atoms with E-state index in [1.54, 1.807) is 0 Å². The van der Waals surface area contributed by atoms with Crippen LogP contribution < -0.4 is 5.32 Å². The van der Waals surface area contributed by atoms with E-state index in [0.29, 0.717) is 24.0 Å². The number of anilines is 1. The lowest BCUT2D eigenvalue weighted by Gasteiger charge is -2.30. The summed E-state index contributed by atoms with van der Waals surface area (Å²) in [5.41, 5.74) is 1.13. The van der Waals surface area contributed by atoms with Crippen LogP contribution >= 0.6 is 0 Å². The summed E-state index contributed by atoms with van der Waals surface area (Å²) in [6.45, 7) is 9.56. The molecule has 122 valence electrons. The van der Waals surface area contributed by atoms with Gasteiger partial charge in [0.15, 0.2) is 0 Å². The van der Waals surface area contributed by atoms with E-state index >= 15 is 0 Å². The summed E-state index contributed by atoms with van der Waals surface area (Å²) >= 11 is 0. The Morgan fingerprint density at radius 1 is 1.09 bits per heavy atom. The summed E-state index contributed by atoms with van der Waals surface area (Å²) in [6.07, 6.45) is 5.34. The number of nitrogens with one attached hydrogen (secondary N) is 1. The van der Waals surface area contributed by atoms with Crippen LogP contribution in [0.1, 0.15) is 76.7 Å². The average molecular weight is 303 g/mol. The van der Waals surface area contributed by atoms with Gasteiger partial charge >= 0.3 is 0 Å². The molecule has 1 saturated heterocycles. The first kappa shape index (κ1) is 15.7. The molecule has 0 spiro atoms. The van der Waals surface area contributed by atoms with Crippen molar-refractivity contribution in [3.63, 3.8) is 0 Å². The summed E-state index contributed by atoms with van der Waals surface area (Å²) in [7, 11) is 0. The zero-order valence-electron chi connectivity index (χ0n) is 14.3. The fourth-order valence-electron chi connectivity index (χ4n) is 3.08. The molecule has 0 amide bonds. The Labute approximate surface area is 134 Å². The van der Waals surface area contributed by atoms with E-state index in [2.05, 4.69) is 39.1 Å². The Bertz CT molecular complexity index is 485. The fraction of sp³-hybridized carbons (Fsp3) is 0.778. The van der Waals surface area contributed by atoms with Crippen molar-refractivity contribution in [2.45, 2.75) is 77.4 Å². The predicted molar refractivity (Wildman–Crippen MR) is 89.3 cm³/mol. The Kier molecular flexibility index (Phi) is 4.67. The highest BCUT2D eigenvalue weighted by Crippen LogP contribution is 2.38. The van der Waals surface area contributed by atoms with Crippen LogP contribution in [0.3, 0.4) is 0 Å². The molecule has 0 radical (unpaired) electrons. The summed E-state index contributed by atoms with van der Waals surface area (Å²) in [5, 5.41) is 3.65. The largest absolute Gasteiger partial charge is 0.378 e. The maximum absolute atomic E-state index is 5.92. The number of hydrogen-bond acceptors (Lipinski definition) is 4. The molecule has 0 aromatic carbocycles. The molecule has 2 unspecified atom stereocenters. The lowest BCUT2D eigenvalue weighted by Crippen LogP contribution is -2.35. The van der Waals surface area contributed by atoms with Crippen LogP contribution in [-0.2, 0) is 4.74 Å². The lowest BCUT2D eigenvalue weighted by molar-refractivity contribution is -0.00223. The van der Waals surface area contributed by atoms with E-state index in [1.165, 1.54) is 12.8 Å². The highest BCUT2D eigenvalue weighted by molar-refractivity contribution is 5.38. The van der Waals surface area contributed by atoms with Crippen molar-refractivity contribution in [2.75, 3.05) is 11.9 Å². The average Bonchev–Trinajstić information content (AvgIpc) is 3.31. The fourth-order valence-corrected chi connectivity index (χ4v) is 3.08. The summed E-state index contributed by atoms with van der Waals surface area (Å²) in [4.78, 5) is 9.43. The Balaban J connectivity index is 1.72. The molecule has 4 heteroatoms. The van der Waals surface area contributed by atoms with Crippen LogP contribution in [0.15, 0.2) is 6.07 Å². The maximum atomic E-state index is 5.92. The first-order valence-corrected chi connectivity index (χ1v) is 8.80. The number of rotatable bonds is 5. The van der Waals surface area contributed by atoms with Crippen molar-refractivity contribution in [2.24, 2.45) is 5.92 Å². The number of ether oxygens (including phenoxy) is 1. The summed E-state index contributed by atoms with van der Waals surface area (Å²) in [5.74, 6) is 3.53. The molecule has 2 atom stereocenters. The van der Waals surface area contributed by atoms with E-state index in [4.69, 9.17) is 14.7 Å². The molecule has 1 aromatic heterocycles. The van der Waals surface area contributed by atoms with Crippen molar-refractivity contribution in [3.05, 3.63) is 17.6 Å². The van der Waals surface area contributed by atoms with Gasteiger partial charge in [0.05, 0.1) is 6.10 Å². The standard InChI is InChI=1S/C18H29N3O/c1-11(2)15-10-17(21-18(20-15)12(3)4)19-14-7-8-22-16(9-14)13-5-6-13/h10-14,16H,5-9H2,1-4H3,(H,19,20,21). The molecular weight excluding hydrogens is 274 g/mol. The van der Waals surface area contributed by atoms with Gasteiger partial charge in [0, 0.05) is 30.3 Å². The maximum Gasteiger partial charge on any atom is 0.133 e. The summed E-state index contributed by atoms with van der Waals surface area (Å²) in [6, 6.07) is 2.60. The molecule has 1 N–H and O–H groups in total. The van der Waals surface area contributed by atoms with Crippen molar-refractivity contribution in [1.29, 1.82) is 0 Å². The molecule has 1 saturated carbocycles. The normalized spacial score (nSPS) is 25.7. The third-order valence-corrected chi connectivity index (χ3v) is 4.69. The molecule has 1 aliphatic carbocycles. The van der Waals surface area contributed by atoms with Crippen molar-refractivity contribution >= 4 is 5.82 Å². The predicted octanol–water partition coefficient (Wildman–Crippen LogP) is 4.09. The van der Waals surface area contributed by atoms with Gasteiger partial charge in [0.25, 0.3) is 0 Å². The Morgan fingerprint density at radius 2 is 1.86 bits per heavy atom. The SMILES string of the molecule is CC(C)c1cc(NC2CCOC(C3CC3)C2)nc(C(C)C)n1. The minimum atomic E-state index is 0.355. The second-order valence-corrected chi connectivity index (χ2v) is 7.46. The molecule has 1 aromatic rings. The van der Waals surface area contributed by atoms with Crippen molar-refractivity contribution in [1.82, 2.24) is 9.97 Å². The minimum Gasteiger partial charge on any atom is -0.378 e. The topological polar surface area (TPSA) is 47.0 Å². The van der Waals surface area contributed by atoms with E-state index in [0.717, 1.165) is 42.7 Å². The van der Waals surface area contributed by atoms with Crippen LogP contribution in [0, 0.1) is 5.92 Å². The molecular formula is C18H29N3O. The second kappa shape index (κ2) is 6.53. The molecule has 2 heterocycles. The van der Waals surface area contributed by atoms with Gasteiger partial charge in [0.1, 0.15) is 11.6 Å². The quantitative estimate of drug-likeness (QED) is 0.890. The highest BCUT2D eigenvalue weighted by atomic mass is 16.5. The number of nitrogens with zero attached hydrogens (tertiary/aromatic N) is 2. The third kappa shape index (κ3) is 3.78. The minimum absolute atomic E-state index is 0.355. The lowest BCUT2D eigenvalue weighted by atomic mass is 10.00. The number of aromatic nitrogens is 2. The smallest absolute Gasteiger partial charge is 0.133 e. The van der Waals surface area contributed by atoms with Gasteiger partial charge in [-0.2, -0.15) is 0 Å². The zero-order chi connectivity index (χ0) is 15.7. The van der Waals surface area contributed by atoms with Crippen molar-refractivity contribution < 1.29 is 4.74 Å². The van der Waals surface area contributed by atoms with Gasteiger partial charge in [-0.3, -0.25) is 0 Å². The molecule has 1 aliphatic heterocycles. The van der Waals surface area contributed by atoms with E-state index in [-0.39, 0.29) is 0 Å². The monoisotopic (exact) mass is 303 g/mol. The van der Waals surface area contributed by atoms with Crippen LogP contribution in [-0.4, -0.2) is 28.7 Å². The van der Waals surface area contributed by atoms with Gasteiger partial charge in [-0.1, -0.05) is 27.7 Å². The van der Waals surface area contributed by atoms with Gasteiger partial charge in [0.2, 0.25) is 0 Å². The van der Waals surface area contributed by atoms with Crippen LogP contribution in [0.4, 0.5) is 5.82 Å². The molecule has 3 rings (SSSR count). The summed E-state index contributed by atoms with van der Waals surface area (Å²) < 4.78 is 5.92. The second-order valence-electron chi connectivity index (χ2n) is 7.46. The first-order chi connectivity index (χ1) is 10.5. The third-order valence-electron chi connectivity index (χ3n) is 4.69. The van der Waals surface area contributed by atoms with Crippen molar-refractivity contribution in [3.8, 4) is 0 Å². The molecule has 22 heavy (non-hydrogen) atoms. The van der Waals surface area contributed by atoms with Crippen LogP contribution in [0.2, 0.25) is 0 Å². The Hall–Kier alpha value is -1.16.